The zero-order chi connectivity index (χ0) is 18.2. The Morgan fingerprint density at radius 3 is 2.50 bits per heavy atom. The van der Waals surface area contributed by atoms with Crippen LogP contribution in [-0.4, -0.2) is 18.2 Å². The highest BCUT2D eigenvalue weighted by molar-refractivity contribution is 7.15. The van der Waals surface area contributed by atoms with Crippen molar-refractivity contribution in [3.8, 4) is 10.4 Å². The molecule has 1 fully saturated rings. The van der Waals surface area contributed by atoms with E-state index in [2.05, 4.69) is 43.1 Å². The molecule has 142 valence electrons. The van der Waals surface area contributed by atoms with Crippen LogP contribution in [0.3, 0.4) is 0 Å². The highest BCUT2D eigenvalue weighted by atomic mass is 32.1. The van der Waals surface area contributed by atoms with Gasteiger partial charge in [0.05, 0.1) is 18.1 Å². The van der Waals surface area contributed by atoms with Gasteiger partial charge in [-0.2, -0.15) is 0 Å². The van der Waals surface area contributed by atoms with Crippen molar-refractivity contribution >= 4 is 11.3 Å². The molecule has 0 bridgehead atoms. The summed E-state index contributed by atoms with van der Waals surface area (Å²) in [6, 6.07) is 8.64. The summed E-state index contributed by atoms with van der Waals surface area (Å²) in [6.07, 6.45) is 10.3. The highest BCUT2D eigenvalue weighted by Crippen LogP contribution is 2.35. The molecule has 0 aromatic carbocycles. The summed E-state index contributed by atoms with van der Waals surface area (Å²) < 4.78 is 11.9. The summed E-state index contributed by atoms with van der Waals surface area (Å²) in [5, 5.41) is 0. The first-order valence-electron chi connectivity index (χ1n) is 10.1. The molecule has 26 heavy (non-hydrogen) atoms. The van der Waals surface area contributed by atoms with Gasteiger partial charge in [0.2, 0.25) is 0 Å². The summed E-state index contributed by atoms with van der Waals surface area (Å²) in [5.74, 6) is 0.551. The van der Waals surface area contributed by atoms with Gasteiger partial charge in [0.15, 0.2) is 6.29 Å². The van der Waals surface area contributed by atoms with Crippen LogP contribution in [0.4, 0.5) is 0 Å². The minimum atomic E-state index is -0.201. The van der Waals surface area contributed by atoms with Crippen LogP contribution in [0.15, 0.2) is 30.5 Å². The van der Waals surface area contributed by atoms with Crippen molar-refractivity contribution in [1.82, 2.24) is 4.98 Å². The summed E-state index contributed by atoms with van der Waals surface area (Å²) in [7, 11) is 0. The zero-order valence-corrected chi connectivity index (χ0v) is 16.9. The first-order valence-corrected chi connectivity index (χ1v) is 10.9. The molecular formula is C22H31NO2S. The molecule has 3 heterocycles. The summed E-state index contributed by atoms with van der Waals surface area (Å²) >= 11 is 1.75. The Kier molecular flexibility index (Phi) is 7.66. The van der Waals surface area contributed by atoms with Crippen molar-refractivity contribution in [2.75, 3.05) is 13.2 Å². The molecule has 1 saturated heterocycles. The molecule has 0 atom stereocenters. The summed E-state index contributed by atoms with van der Waals surface area (Å²) in [6.45, 7) is 6.08. The van der Waals surface area contributed by atoms with Crippen LogP contribution in [0.5, 0.6) is 0 Å². The van der Waals surface area contributed by atoms with Crippen molar-refractivity contribution < 1.29 is 9.47 Å². The normalized spacial score (nSPS) is 20.4. The summed E-state index contributed by atoms with van der Waals surface area (Å²) in [5.41, 5.74) is 2.37. The monoisotopic (exact) mass is 373 g/mol. The van der Waals surface area contributed by atoms with Crippen LogP contribution in [0.2, 0.25) is 0 Å². The number of nitrogens with zero attached hydrogens (tertiary/aromatic N) is 1. The van der Waals surface area contributed by atoms with E-state index < -0.39 is 0 Å². The lowest BCUT2D eigenvalue weighted by atomic mass is 10.0. The lowest BCUT2D eigenvalue weighted by Crippen LogP contribution is -2.26. The van der Waals surface area contributed by atoms with E-state index >= 15 is 0 Å². The maximum atomic E-state index is 5.97. The number of aryl methyl sites for hydroxylation is 1. The van der Waals surface area contributed by atoms with Gasteiger partial charge in [-0.05, 0) is 37.5 Å². The molecule has 0 amide bonds. The molecule has 1 aliphatic rings. The van der Waals surface area contributed by atoms with E-state index in [-0.39, 0.29) is 6.29 Å². The Balaban J connectivity index is 1.55. The Morgan fingerprint density at radius 1 is 1.00 bits per heavy atom. The fraction of sp³-hybridized carbons (Fsp3) is 0.591. The Hall–Kier alpha value is -1.23. The van der Waals surface area contributed by atoms with Crippen LogP contribution < -0.4 is 0 Å². The molecule has 0 saturated carbocycles. The summed E-state index contributed by atoms with van der Waals surface area (Å²) in [4.78, 5) is 7.01. The van der Waals surface area contributed by atoms with Crippen molar-refractivity contribution in [2.45, 2.75) is 65.1 Å². The Labute approximate surface area is 161 Å². The molecular weight excluding hydrogens is 342 g/mol. The smallest absolute Gasteiger partial charge is 0.193 e. The third-order valence-corrected chi connectivity index (χ3v) is 6.09. The molecule has 0 N–H and O–H groups in total. The van der Waals surface area contributed by atoms with E-state index in [9.17, 15) is 0 Å². The molecule has 2 aromatic rings. The number of ether oxygens (including phenoxy) is 2. The third kappa shape index (κ3) is 5.38. The Morgan fingerprint density at radius 2 is 1.81 bits per heavy atom. The maximum absolute atomic E-state index is 5.97. The topological polar surface area (TPSA) is 31.4 Å². The van der Waals surface area contributed by atoms with E-state index in [1.807, 2.05) is 6.20 Å². The molecule has 2 aromatic heterocycles. The molecule has 1 aliphatic heterocycles. The predicted octanol–water partition coefficient (Wildman–Crippen LogP) is 6.39. The average Bonchev–Trinajstić information content (AvgIpc) is 3.18. The van der Waals surface area contributed by atoms with Crippen LogP contribution in [0, 0.1) is 5.92 Å². The molecule has 0 unspecified atom stereocenters. The van der Waals surface area contributed by atoms with Crippen molar-refractivity contribution in [3.63, 3.8) is 0 Å². The first-order chi connectivity index (χ1) is 12.8. The minimum absolute atomic E-state index is 0.201. The van der Waals surface area contributed by atoms with E-state index in [1.54, 1.807) is 11.3 Å². The number of unbranched alkanes of at least 4 members (excludes halogenated alkanes) is 3. The van der Waals surface area contributed by atoms with Crippen LogP contribution in [0.25, 0.3) is 10.4 Å². The van der Waals surface area contributed by atoms with E-state index in [4.69, 9.17) is 9.47 Å². The van der Waals surface area contributed by atoms with Crippen LogP contribution in [-0.2, 0) is 15.9 Å². The van der Waals surface area contributed by atoms with Gasteiger partial charge in [-0.3, -0.25) is 4.98 Å². The Bertz CT molecular complexity index is 644. The van der Waals surface area contributed by atoms with Gasteiger partial charge in [0.1, 0.15) is 0 Å². The number of rotatable bonds is 9. The van der Waals surface area contributed by atoms with Crippen molar-refractivity contribution in [2.24, 2.45) is 5.92 Å². The van der Waals surface area contributed by atoms with E-state index in [0.29, 0.717) is 5.92 Å². The van der Waals surface area contributed by atoms with Crippen LogP contribution in [0.1, 0.15) is 69.2 Å². The first kappa shape index (κ1) is 19.5. The standard InChI is InChI=1S/C22H31NO2S/c1-3-5-7-9-19-11-10-18(14-23-19)20-12-13-21(26-20)22-24-15-17(16-25-22)8-6-4-2/h10-14,17,22H,3-9,15-16H2,1-2H3/t17-,22-. The minimum Gasteiger partial charge on any atom is -0.347 e. The second-order valence-corrected chi connectivity index (χ2v) is 8.32. The molecule has 0 aliphatic carbocycles. The van der Waals surface area contributed by atoms with Crippen LogP contribution >= 0.6 is 11.3 Å². The number of hydrogen-bond donors (Lipinski definition) is 0. The fourth-order valence-electron chi connectivity index (χ4n) is 3.28. The van der Waals surface area contributed by atoms with Crippen molar-refractivity contribution in [1.29, 1.82) is 0 Å². The zero-order valence-electron chi connectivity index (χ0n) is 16.1. The van der Waals surface area contributed by atoms with Gasteiger partial charge in [-0.1, -0.05) is 45.6 Å². The molecule has 3 nitrogen and oxygen atoms in total. The quantitative estimate of drug-likeness (QED) is 0.477. The van der Waals surface area contributed by atoms with Gasteiger partial charge < -0.3 is 9.47 Å². The second kappa shape index (κ2) is 10.2. The molecule has 0 radical (unpaired) electrons. The third-order valence-electron chi connectivity index (χ3n) is 4.94. The number of hydrogen-bond acceptors (Lipinski definition) is 4. The SMILES string of the molecule is CCCCCc1ccc(-c2ccc([C@H]3OC[C@H](CCCC)CO3)s2)cn1. The van der Waals surface area contributed by atoms with Gasteiger partial charge >= 0.3 is 0 Å². The lowest BCUT2D eigenvalue weighted by Gasteiger charge is -2.28. The number of thiophene rings is 1. The van der Waals surface area contributed by atoms with Gasteiger partial charge in [0, 0.05) is 28.2 Å². The lowest BCUT2D eigenvalue weighted by molar-refractivity contribution is -0.204. The van der Waals surface area contributed by atoms with Gasteiger partial charge in [0.25, 0.3) is 0 Å². The van der Waals surface area contributed by atoms with E-state index in [1.165, 1.54) is 54.7 Å². The highest BCUT2D eigenvalue weighted by Gasteiger charge is 2.24. The van der Waals surface area contributed by atoms with Crippen molar-refractivity contribution in [3.05, 3.63) is 41.0 Å². The predicted molar refractivity (Wildman–Crippen MR) is 108 cm³/mol. The largest absolute Gasteiger partial charge is 0.347 e. The molecule has 4 heteroatoms. The second-order valence-electron chi connectivity index (χ2n) is 7.20. The number of pyridine rings is 1. The average molecular weight is 374 g/mol. The van der Waals surface area contributed by atoms with Gasteiger partial charge in [-0.25, -0.2) is 0 Å². The van der Waals surface area contributed by atoms with Gasteiger partial charge in [-0.15, -0.1) is 11.3 Å². The molecule has 3 rings (SSSR count). The maximum Gasteiger partial charge on any atom is 0.193 e. The number of aromatic nitrogens is 1. The molecule has 0 spiro atoms. The fourth-order valence-corrected chi connectivity index (χ4v) is 4.27. The van der Waals surface area contributed by atoms with E-state index in [0.717, 1.165) is 24.5 Å².